The maximum Gasteiger partial charge on any atom is 0.263 e. The van der Waals surface area contributed by atoms with E-state index in [1.165, 1.54) is 11.1 Å². The molecule has 4 aromatic rings. The fourth-order valence-corrected chi connectivity index (χ4v) is 5.26. The number of benzene rings is 2. The lowest BCUT2D eigenvalue weighted by Crippen LogP contribution is -2.32. The van der Waals surface area contributed by atoms with Crippen LogP contribution >= 0.6 is 11.3 Å². The lowest BCUT2D eigenvalue weighted by molar-refractivity contribution is 0.289. The Labute approximate surface area is 194 Å². The van der Waals surface area contributed by atoms with Gasteiger partial charge in [-0.1, -0.05) is 61.4 Å². The number of fused-ring (bicyclic) bond motifs is 1. The Morgan fingerprint density at radius 2 is 1.72 bits per heavy atom. The summed E-state index contributed by atoms with van der Waals surface area (Å²) in [5.41, 5.74) is 6.71. The fraction of sp³-hybridized carbons (Fsp3) is 0.333. The molecule has 0 saturated heterocycles. The van der Waals surface area contributed by atoms with Crippen LogP contribution in [0.4, 0.5) is 0 Å². The average Bonchev–Trinajstić information content (AvgIpc) is 3.19. The summed E-state index contributed by atoms with van der Waals surface area (Å²) in [5.74, 6) is 0.757. The fourth-order valence-electron chi connectivity index (χ4n) is 4.33. The summed E-state index contributed by atoms with van der Waals surface area (Å²) < 4.78 is 1.88. The predicted octanol–water partition coefficient (Wildman–Crippen LogP) is 6.06. The van der Waals surface area contributed by atoms with E-state index in [9.17, 15) is 4.79 Å². The van der Waals surface area contributed by atoms with Gasteiger partial charge in [-0.05, 0) is 51.1 Å². The smallest absolute Gasteiger partial charge is 0.263 e. The molecular formula is C27H31N3OS. The summed E-state index contributed by atoms with van der Waals surface area (Å²) in [6.45, 7) is 14.0. The molecule has 4 nitrogen and oxygen atoms in total. The predicted molar refractivity (Wildman–Crippen MR) is 137 cm³/mol. The Balaban J connectivity index is 1.94. The Bertz CT molecular complexity index is 1310. The van der Waals surface area contributed by atoms with Gasteiger partial charge in [0.2, 0.25) is 0 Å². The van der Waals surface area contributed by atoms with E-state index in [0.717, 1.165) is 57.9 Å². The third kappa shape index (κ3) is 4.27. The zero-order valence-electron chi connectivity index (χ0n) is 19.6. The molecule has 5 heteroatoms. The molecule has 2 heterocycles. The summed E-state index contributed by atoms with van der Waals surface area (Å²) >= 11 is 1.56. The highest BCUT2D eigenvalue weighted by atomic mass is 32.1. The van der Waals surface area contributed by atoms with E-state index < -0.39 is 0 Å². The molecule has 2 aromatic heterocycles. The molecule has 0 spiro atoms. The molecule has 32 heavy (non-hydrogen) atoms. The van der Waals surface area contributed by atoms with Crippen molar-refractivity contribution in [1.29, 1.82) is 0 Å². The Hall–Kier alpha value is -2.76. The molecule has 0 saturated carbocycles. The van der Waals surface area contributed by atoms with Crippen LogP contribution in [0, 0.1) is 20.8 Å². The van der Waals surface area contributed by atoms with Gasteiger partial charge in [0.15, 0.2) is 0 Å². The monoisotopic (exact) mass is 445 g/mol. The van der Waals surface area contributed by atoms with Crippen molar-refractivity contribution < 1.29 is 0 Å². The molecule has 0 N–H and O–H groups in total. The third-order valence-electron chi connectivity index (χ3n) is 6.18. The minimum Gasteiger partial charge on any atom is -0.302 e. The van der Waals surface area contributed by atoms with Crippen LogP contribution in [0.1, 0.15) is 30.5 Å². The van der Waals surface area contributed by atoms with Gasteiger partial charge in [-0.15, -0.1) is 11.3 Å². The van der Waals surface area contributed by atoms with Gasteiger partial charge in [0.25, 0.3) is 5.56 Å². The van der Waals surface area contributed by atoms with Gasteiger partial charge in [0, 0.05) is 29.6 Å². The number of aromatic nitrogens is 2. The number of likely N-dealkylation sites (N-methyl/N-ethyl adjacent to an activating group) is 1. The van der Waals surface area contributed by atoms with Gasteiger partial charge < -0.3 is 4.90 Å². The molecule has 166 valence electrons. The first-order chi connectivity index (χ1) is 15.4. The zero-order valence-corrected chi connectivity index (χ0v) is 20.4. The van der Waals surface area contributed by atoms with Crippen molar-refractivity contribution in [2.75, 3.05) is 19.6 Å². The molecule has 0 radical (unpaired) electrons. The van der Waals surface area contributed by atoms with Crippen LogP contribution < -0.4 is 5.56 Å². The van der Waals surface area contributed by atoms with Crippen molar-refractivity contribution in [2.45, 2.75) is 41.2 Å². The van der Waals surface area contributed by atoms with Gasteiger partial charge >= 0.3 is 0 Å². The lowest BCUT2D eigenvalue weighted by atomic mass is 9.99. The van der Waals surface area contributed by atoms with Crippen LogP contribution in [0.3, 0.4) is 0 Å². The molecule has 0 bridgehead atoms. The standard InChI is InChI=1S/C27H31N3OS/c1-6-29(7-2)13-14-30-25(21-10-8-9-18(3)16-21)28-26-24(27(30)31)23(17-32-26)22-12-11-19(4)15-20(22)5/h8-12,15-17H,6-7,13-14H2,1-5H3. The van der Waals surface area contributed by atoms with E-state index in [1.54, 1.807) is 11.3 Å². The summed E-state index contributed by atoms with van der Waals surface area (Å²) in [4.78, 5) is 22.1. The number of aryl methyl sites for hydroxylation is 3. The van der Waals surface area contributed by atoms with E-state index in [4.69, 9.17) is 4.98 Å². The maximum absolute atomic E-state index is 13.9. The van der Waals surface area contributed by atoms with Crippen molar-refractivity contribution in [2.24, 2.45) is 0 Å². The second-order valence-corrected chi connectivity index (χ2v) is 9.29. The Morgan fingerprint density at radius 3 is 2.41 bits per heavy atom. The van der Waals surface area contributed by atoms with Crippen LogP contribution in [-0.4, -0.2) is 34.1 Å². The largest absolute Gasteiger partial charge is 0.302 e. The van der Waals surface area contributed by atoms with E-state index in [1.807, 2.05) is 16.7 Å². The van der Waals surface area contributed by atoms with Gasteiger partial charge in [-0.25, -0.2) is 4.98 Å². The molecule has 4 rings (SSSR count). The second-order valence-electron chi connectivity index (χ2n) is 8.44. The highest BCUT2D eigenvalue weighted by molar-refractivity contribution is 7.17. The Morgan fingerprint density at radius 1 is 0.969 bits per heavy atom. The number of nitrogens with zero attached hydrogens (tertiary/aromatic N) is 3. The number of rotatable bonds is 7. The Kier molecular flexibility index (Phi) is 6.58. The van der Waals surface area contributed by atoms with Crippen LogP contribution in [0.5, 0.6) is 0 Å². The molecule has 2 aromatic carbocycles. The maximum atomic E-state index is 13.9. The average molecular weight is 446 g/mol. The molecule has 0 amide bonds. The topological polar surface area (TPSA) is 38.1 Å². The third-order valence-corrected chi connectivity index (χ3v) is 7.05. The second kappa shape index (κ2) is 9.39. The van der Waals surface area contributed by atoms with Crippen LogP contribution in [0.15, 0.2) is 52.6 Å². The molecule has 0 aliphatic rings. The van der Waals surface area contributed by atoms with Crippen LogP contribution in [-0.2, 0) is 6.54 Å². The summed E-state index contributed by atoms with van der Waals surface area (Å²) in [5, 5.41) is 2.82. The minimum atomic E-state index is 0.0508. The number of hydrogen-bond acceptors (Lipinski definition) is 4. The lowest BCUT2D eigenvalue weighted by Gasteiger charge is -2.20. The van der Waals surface area contributed by atoms with Gasteiger partial charge in [0.1, 0.15) is 10.7 Å². The minimum absolute atomic E-state index is 0.0508. The SMILES string of the molecule is CCN(CC)CCn1c(-c2cccc(C)c2)nc2scc(-c3ccc(C)cc3C)c2c1=O. The number of thiophene rings is 1. The van der Waals surface area contributed by atoms with Gasteiger partial charge in [-0.3, -0.25) is 9.36 Å². The normalized spacial score (nSPS) is 11.6. The van der Waals surface area contributed by atoms with E-state index >= 15 is 0 Å². The highest BCUT2D eigenvalue weighted by Crippen LogP contribution is 2.34. The van der Waals surface area contributed by atoms with E-state index in [-0.39, 0.29) is 5.56 Å². The summed E-state index contributed by atoms with van der Waals surface area (Å²) in [6, 6.07) is 14.7. The van der Waals surface area contributed by atoms with E-state index in [0.29, 0.717) is 6.54 Å². The number of hydrogen-bond donors (Lipinski definition) is 0. The van der Waals surface area contributed by atoms with E-state index in [2.05, 4.69) is 75.2 Å². The first-order valence-electron chi connectivity index (χ1n) is 11.3. The molecule has 0 atom stereocenters. The quantitative estimate of drug-likeness (QED) is 0.347. The van der Waals surface area contributed by atoms with Crippen LogP contribution in [0.25, 0.3) is 32.7 Å². The van der Waals surface area contributed by atoms with Crippen LogP contribution in [0.2, 0.25) is 0 Å². The van der Waals surface area contributed by atoms with Gasteiger partial charge in [-0.2, -0.15) is 0 Å². The molecular weight excluding hydrogens is 414 g/mol. The first-order valence-corrected chi connectivity index (χ1v) is 12.2. The van der Waals surface area contributed by atoms with Crippen molar-refractivity contribution in [3.8, 4) is 22.5 Å². The van der Waals surface area contributed by atoms with Crippen molar-refractivity contribution in [3.63, 3.8) is 0 Å². The summed E-state index contributed by atoms with van der Waals surface area (Å²) in [6.07, 6.45) is 0. The van der Waals surface area contributed by atoms with Crippen molar-refractivity contribution in [3.05, 3.63) is 74.9 Å². The van der Waals surface area contributed by atoms with Crippen molar-refractivity contribution >= 4 is 21.6 Å². The molecule has 0 aliphatic carbocycles. The molecule has 0 unspecified atom stereocenters. The molecule has 0 fully saturated rings. The summed E-state index contributed by atoms with van der Waals surface area (Å²) in [7, 11) is 0. The first kappa shape index (κ1) is 22.4. The molecule has 0 aliphatic heterocycles. The zero-order chi connectivity index (χ0) is 22.8. The highest BCUT2D eigenvalue weighted by Gasteiger charge is 2.19. The van der Waals surface area contributed by atoms with Crippen molar-refractivity contribution in [1.82, 2.24) is 14.5 Å². The van der Waals surface area contributed by atoms with Gasteiger partial charge in [0.05, 0.1) is 5.39 Å².